The van der Waals surface area contributed by atoms with Crippen LogP contribution in [0.4, 0.5) is 0 Å². The highest BCUT2D eigenvalue weighted by atomic mass is 16.2. The quantitative estimate of drug-likeness (QED) is 0.734. The summed E-state index contributed by atoms with van der Waals surface area (Å²) in [6.45, 7) is 3.03. The number of hydrogen-bond acceptors (Lipinski definition) is 4. The van der Waals surface area contributed by atoms with Crippen LogP contribution in [-0.4, -0.2) is 51.5 Å². The second kappa shape index (κ2) is 7.93. The first-order chi connectivity index (χ1) is 14.4. The normalized spacial score (nSPS) is 19.9. The lowest BCUT2D eigenvalue weighted by atomic mass is 9.73. The van der Waals surface area contributed by atoms with Gasteiger partial charge in [0, 0.05) is 44.9 Å². The monoisotopic (exact) mass is 409 g/mol. The summed E-state index contributed by atoms with van der Waals surface area (Å²) in [6, 6.07) is 9.39. The maximum atomic E-state index is 13.2. The molecule has 1 aromatic heterocycles. The van der Waals surface area contributed by atoms with Crippen molar-refractivity contribution in [2.24, 2.45) is 12.5 Å². The van der Waals surface area contributed by atoms with Gasteiger partial charge in [0.1, 0.15) is 6.04 Å². The first-order valence-electron chi connectivity index (χ1n) is 10.3. The van der Waals surface area contributed by atoms with Gasteiger partial charge in [0.15, 0.2) is 0 Å². The largest absolute Gasteiger partial charge is 0.351 e. The molecule has 158 valence electrons. The molecule has 2 saturated heterocycles. The van der Waals surface area contributed by atoms with Crippen molar-refractivity contribution in [2.45, 2.75) is 38.8 Å². The summed E-state index contributed by atoms with van der Waals surface area (Å²) < 4.78 is 1.73. The van der Waals surface area contributed by atoms with E-state index in [1.165, 1.54) is 0 Å². The summed E-state index contributed by atoms with van der Waals surface area (Å²) in [5, 5.41) is 10.1. The number of aromatic nitrogens is 2. The molecule has 0 radical (unpaired) electrons. The van der Waals surface area contributed by atoms with Crippen LogP contribution in [0, 0.1) is 12.3 Å². The smallest absolute Gasteiger partial charge is 0.245 e. The number of rotatable bonds is 6. The minimum atomic E-state index is -0.671. The van der Waals surface area contributed by atoms with Gasteiger partial charge in [-0.1, -0.05) is 30.3 Å². The molecule has 3 heterocycles. The maximum Gasteiger partial charge on any atom is 0.245 e. The van der Waals surface area contributed by atoms with E-state index in [9.17, 15) is 14.4 Å². The van der Waals surface area contributed by atoms with Gasteiger partial charge in [-0.25, -0.2) is 0 Å². The first-order valence-corrected chi connectivity index (χ1v) is 10.3. The van der Waals surface area contributed by atoms with Crippen molar-refractivity contribution in [2.75, 3.05) is 13.1 Å². The summed E-state index contributed by atoms with van der Waals surface area (Å²) >= 11 is 0. The van der Waals surface area contributed by atoms with E-state index in [-0.39, 0.29) is 17.7 Å². The van der Waals surface area contributed by atoms with Gasteiger partial charge in [0.05, 0.1) is 11.1 Å². The number of nitrogens with one attached hydrogen (secondary N) is 2. The number of carbonyl (C=O) groups is 3. The van der Waals surface area contributed by atoms with Crippen molar-refractivity contribution in [3.8, 4) is 0 Å². The zero-order chi connectivity index (χ0) is 21.3. The summed E-state index contributed by atoms with van der Waals surface area (Å²) in [4.78, 5) is 39.1. The Morgan fingerprint density at radius 3 is 2.60 bits per heavy atom. The molecule has 1 aromatic carbocycles. The molecule has 1 unspecified atom stereocenters. The van der Waals surface area contributed by atoms with Gasteiger partial charge in [-0.15, -0.1) is 0 Å². The highest BCUT2D eigenvalue weighted by Crippen LogP contribution is 2.36. The van der Waals surface area contributed by atoms with E-state index in [0.29, 0.717) is 38.9 Å². The lowest BCUT2D eigenvalue weighted by Gasteiger charge is -2.49. The predicted molar refractivity (Wildman–Crippen MR) is 110 cm³/mol. The Bertz CT molecular complexity index is 962. The Balaban J connectivity index is 1.46. The average Bonchev–Trinajstić information content (AvgIpc) is 3.27. The van der Waals surface area contributed by atoms with Gasteiger partial charge >= 0.3 is 0 Å². The van der Waals surface area contributed by atoms with E-state index < -0.39 is 11.5 Å². The van der Waals surface area contributed by atoms with Crippen LogP contribution in [0.25, 0.3) is 0 Å². The first kappa shape index (κ1) is 20.1. The lowest BCUT2D eigenvalue weighted by molar-refractivity contribution is -0.155. The fourth-order valence-electron chi connectivity index (χ4n) is 4.37. The molecule has 2 aromatic rings. The van der Waals surface area contributed by atoms with Crippen LogP contribution in [0.15, 0.2) is 36.5 Å². The predicted octanol–water partition coefficient (Wildman–Crippen LogP) is 0.695. The Morgan fingerprint density at radius 2 is 2.00 bits per heavy atom. The van der Waals surface area contributed by atoms with Crippen LogP contribution in [0.3, 0.4) is 0 Å². The maximum absolute atomic E-state index is 13.2. The van der Waals surface area contributed by atoms with E-state index in [2.05, 4.69) is 15.7 Å². The molecule has 3 amide bonds. The zero-order valence-corrected chi connectivity index (χ0v) is 17.4. The molecule has 2 fully saturated rings. The lowest BCUT2D eigenvalue weighted by Crippen LogP contribution is -2.67. The molecule has 2 N–H and O–H groups in total. The minimum absolute atomic E-state index is 0.0610. The van der Waals surface area contributed by atoms with Crippen LogP contribution in [0.1, 0.15) is 29.7 Å². The Kier molecular flexibility index (Phi) is 5.32. The molecule has 2 aliphatic rings. The summed E-state index contributed by atoms with van der Waals surface area (Å²) in [5.74, 6) is -0.247. The molecule has 0 aliphatic carbocycles. The number of nitrogens with zero attached hydrogens (tertiary/aromatic N) is 3. The van der Waals surface area contributed by atoms with E-state index >= 15 is 0 Å². The summed E-state index contributed by atoms with van der Waals surface area (Å²) in [5.41, 5.74) is 2.25. The van der Waals surface area contributed by atoms with Gasteiger partial charge in [-0.3, -0.25) is 19.1 Å². The van der Waals surface area contributed by atoms with Crippen molar-refractivity contribution in [1.82, 2.24) is 25.3 Å². The van der Waals surface area contributed by atoms with Crippen LogP contribution >= 0.6 is 0 Å². The van der Waals surface area contributed by atoms with Crippen molar-refractivity contribution < 1.29 is 14.4 Å². The standard InChI is InChI=1S/C22H27N5O3/c1-15-17(12-26(2)25-15)11-23-21(30)22(10-16-6-4-3-5-7-16)13-27(14-22)20(29)18-8-9-19(28)24-18/h3-7,12,18H,8-11,13-14H2,1-2H3,(H,23,30)(H,24,28). The molecule has 1 atom stereocenters. The second-order valence-electron chi connectivity index (χ2n) is 8.39. The van der Waals surface area contributed by atoms with Crippen molar-refractivity contribution >= 4 is 17.7 Å². The Hall–Kier alpha value is -3.16. The molecule has 8 nitrogen and oxygen atoms in total. The number of benzene rings is 1. The van der Waals surface area contributed by atoms with E-state index in [0.717, 1.165) is 16.8 Å². The Morgan fingerprint density at radius 1 is 1.27 bits per heavy atom. The third kappa shape index (κ3) is 3.94. The van der Waals surface area contributed by atoms with Crippen molar-refractivity contribution in [3.05, 3.63) is 53.3 Å². The van der Waals surface area contributed by atoms with Gasteiger partial charge in [-0.2, -0.15) is 5.10 Å². The highest BCUT2D eigenvalue weighted by Gasteiger charge is 2.52. The molecule has 0 bridgehead atoms. The van der Waals surface area contributed by atoms with Crippen molar-refractivity contribution in [3.63, 3.8) is 0 Å². The van der Waals surface area contributed by atoms with E-state index in [1.54, 1.807) is 9.58 Å². The molecular formula is C22H27N5O3. The number of carbonyl (C=O) groups excluding carboxylic acids is 3. The second-order valence-corrected chi connectivity index (χ2v) is 8.39. The molecule has 2 aliphatic heterocycles. The molecule has 0 saturated carbocycles. The zero-order valence-electron chi connectivity index (χ0n) is 17.4. The van der Waals surface area contributed by atoms with Gasteiger partial charge in [0.25, 0.3) is 0 Å². The van der Waals surface area contributed by atoms with Gasteiger partial charge in [0.2, 0.25) is 17.7 Å². The number of likely N-dealkylation sites (tertiary alicyclic amines) is 1. The van der Waals surface area contributed by atoms with Crippen molar-refractivity contribution in [1.29, 1.82) is 0 Å². The molecule has 8 heteroatoms. The average molecular weight is 409 g/mol. The minimum Gasteiger partial charge on any atom is -0.351 e. The Labute approximate surface area is 175 Å². The number of aryl methyl sites for hydroxylation is 2. The third-order valence-electron chi connectivity index (χ3n) is 6.01. The number of hydrogen-bond donors (Lipinski definition) is 2. The van der Waals surface area contributed by atoms with E-state index in [4.69, 9.17) is 0 Å². The highest BCUT2D eigenvalue weighted by molar-refractivity contribution is 5.93. The van der Waals surface area contributed by atoms with Crippen LogP contribution < -0.4 is 10.6 Å². The topological polar surface area (TPSA) is 96.3 Å². The molecule has 4 rings (SSSR count). The van der Waals surface area contributed by atoms with E-state index in [1.807, 2.05) is 50.5 Å². The summed E-state index contributed by atoms with van der Waals surface area (Å²) in [7, 11) is 1.85. The molecule has 0 spiro atoms. The fraction of sp³-hybridized carbons (Fsp3) is 0.455. The molecular weight excluding hydrogens is 382 g/mol. The SMILES string of the molecule is Cc1nn(C)cc1CNC(=O)C1(Cc2ccccc2)CN(C(=O)C2CCC(=O)N2)C1. The third-order valence-corrected chi connectivity index (χ3v) is 6.01. The number of amides is 3. The fourth-order valence-corrected chi connectivity index (χ4v) is 4.37. The molecule has 30 heavy (non-hydrogen) atoms. The van der Waals surface area contributed by atoms with Crippen LogP contribution in [0.5, 0.6) is 0 Å². The van der Waals surface area contributed by atoms with Crippen LogP contribution in [-0.2, 0) is 34.4 Å². The van der Waals surface area contributed by atoms with Gasteiger partial charge < -0.3 is 15.5 Å². The summed E-state index contributed by atoms with van der Waals surface area (Å²) in [6.07, 6.45) is 3.36. The van der Waals surface area contributed by atoms with Crippen LogP contribution in [0.2, 0.25) is 0 Å². The van der Waals surface area contributed by atoms with Gasteiger partial charge in [-0.05, 0) is 25.3 Å².